The summed E-state index contributed by atoms with van der Waals surface area (Å²) in [4.78, 5) is 17.1. The fraction of sp³-hybridized carbons (Fsp3) is 0.385. The third kappa shape index (κ3) is 2.61. The molecule has 0 fully saturated rings. The number of aromatic nitrogens is 4. The molecule has 5 nitrogen and oxygen atoms in total. The molecule has 2 N–H and O–H groups in total. The quantitative estimate of drug-likeness (QED) is 0.889. The van der Waals surface area contributed by atoms with Gasteiger partial charge >= 0.3 is 0 Å². The highest BCUT2D eigenvalue weighted by Crippen LogP contribution is 2.18. The molecule has 2 heterocycles. The van der Waals surface area contributed by atoms with Crippen LogP contribution in [-0.2, 0) is 12.8 Å². The van der Waals surface area contributed by atoms with E-state index in [1.54, 1.807) is 6.20 Å². The zero-order chi connectivity index (χ0) is 13.0. The molecule has 0 aliphatic carbocycles. The predicted octanol–water partition coefficient (Wildman–Crippen LogP) is 2.03. The number of anilines is 1. The monoisotopic (exact) mass is 243 g/mol. The van der Waals surface area contributed by atoms with E-state index >= 15 is 0 Å². The molecule has 0 radical (unpaired) electrons. The molecule has 0 saturated carbocycles. The van der Waals surface area contributed by atoms with Crippen molar-refractivity contribution >= 4 is 5.95 Å². The average molecular weight is 243 g/mol. The number of hydrogen-bond acceptors (Lipinski definition) is 5. The van der Waals surface area contributed by atoms with Gasteiger partial charge in [0.2, 0.25) is 5.95 Å². The van der Waals surface area contributed by atoms with Crippen molar-refractivity contribution in [2.45, 2.75) is 33.1 Å². The van der Waals surface area contributed by atoms with Crippen molar-refractivity contribution in [3.05, 3.63) is 29.7 Å². The first-order valence-electron chi connectivity index (χ1n) is 6.19. The molecular formula is C13H17N5. The maximum Gasteiger partial charge on any atom is 0.223 e. The number of aryl methyl sites for hydroxylation is 2. The highest BCUT2D eigenvalue weighted by molar-refractivity contribution is 5.55. The number of hydrogen-bond donors (Lipinski definition) is 1. The normalized spacial score (nSPS) is 10.6. The molecule has 18 heavy (non-hydrogen) atoms. The van der Waals surface area contributed by atoms with Crippen LogP contribution in [0.2, 0.25) is 0 Å². The Morgan fingerprint density at radius 1 is 1.17 bits per heavy atom. The summed E-state index contributed by atoms with van der Waals surface area (Å²) in [5.74, 6) is 1.56. The fourth-order valence-corrected chi connectivity index (χ4v) is 1.80. The van der Waals surface area contributed by atoms with Crippen LogP contribution in [0.25, 0.3) is 11.5 Å². The van der Waals surface area contributed by atoms with Gasteiger partial charge in [-0.1, -0.05) is 19.9 Å². The van der Waals surface area contributed by atoms with Crippen LogP contribution in [0.3, 0.4) is 0 Å². The van der Waals surface area contributed by atoms with E-state index in [4.69, 9.17) is 5.73 Å². The summed E-state index contributed by atoms with van der Waals surface area (Å²) in [5, 5.41) is 0. The van der Waals surface area contributed by atoms with Crippen molar-refractivity contribution < 1.29 is 0 Å². The zero-order valence-corrected chi connectivity index (χ0v) is 10.7. The summed E-state index contributed by atoms with van der Waals surface area (Å²) in [7, 11) is 0. The van der Waals surface area contributed by atoms with Gasteiger partial charge in [-0.15, -0.1) is 0 Å². The standard InChI is InChI=1S/C13H17N5/c1-3-6-10-16-12(18-13(14)17-10)11-9(4-2)7-5-8-15-11/h5,7-8H,3-4,6H2,1-2H3,(H2,14,16,17,18). The summed E-state index contributed by atoms with van der Waals surface area (Å²) >= 11 is 0. The first-order valence-corrected chi connectivity index (χ1v) is 6.19. The smallest absolute Gasteiger partial charge is 0.223 e. The Hall–Kier alpha value is -2.04. The molecule has 2 aromatic rings. The van der Waals surface area contributed by atoms with Gasteiger partial charge in [-0.05, 0) is 24.5 Å². The lowest BCUT2D eigenvalue weighted by Crippen LogP contribution is -2.06. The molecule has 0 bridgehead atoms. The fourth-order valence-electron chi connectivity index (χ4n) is 1.80. The van der Waals surface area contributed by atoms with E-state index in [1.165, 1.54) is 0 Å². The lowest BCUT2D eigenvalue weighted by atomic mass is 10.1. The third-order valence-corrected chi connectivity index (χ3v) is 2.66. The number of rotatable bonds is 4. The minimum Gasteiger partial charge on any atom is -0.368 e. The lowest BCUT2D eigenvalue weighted by Gasteiger charge is -2.07. The van der Waals surface area contributed by atoms with E-state index in [-0.39, 0.29) is 5.95 Å². The third-order valence-electron chi connectivity index (χ3n) is 2.66. The van der Waals surface area contributed by atoms with Crippen LogP contribution in [0.4, 0.5) is 5.95 Å². The summed E-state index contributed by atoms with van der Waals surface area (Å²) in [5.41, 5.74) is 7.64. The largest absolute Gasteiger partial charge is 0.368 e. The molecule has 2 rings (SSSR count). The maximum atomic E-state index is 5.73. The summed E-state index contributed by atoms with van der Waals surface area (Å²) in [6, 6.07) is 3.95. The molecule has 0 amide bonds. The van der Waals surface area contributed by atoms with Crippen molar-refractivity contribution in [2.24, 2.45) is 0 Å². The first-order chi connectivity index (χ1) is 8.74. The minimum absolute atomic E-state index is 0.260. The van der Waals surface area contributed by atoms with Crippen LogP contribution in [0.5, 0.6) is 0 Å². The average Bonchev–Trinajstić information content (AvgIpc) is 2.38. The Bertz CT molecular complexity index is 539. The molecule has 94 valence electrons. The van der Waals surface area contributed by atoms with Gasteiger partial charge in [0.25, 0.3) is 0 Å². The van der Waals surface area contributed by atoms with Gasteiger partial charge in [-0.25, -0.2) is 4.98 Å². The number of nitrogens with zero attached hydrogens (tertiary/aromatic N) is 4. The molecule has 2 aromatic heterocycles. The maximum absolute atomic E-state index is 5.73. The molecule has 0 aliphatic heterocycles. The Labute approximate surface area is 107 Å². The SMILES string of the molecule is CCCc1nc(N)nc(-c2ncccc2CC)n1. The van der Waals surface area contributed by atoms with E-state index in [2.05, 4.69) is 33.8 Å². The molecular weight excluding hydrogens is 226 g/mol. The highest BCUT2D eigenvalue weighted by atomic mass is 15.1. The van der Waals surface area contributed by atoms with Gasteiger partial charge in [0, 0.05) is 12.6 Å². The van der Waals surface area contributed by atoms with Crippen molar-refractivity contribution in [2.75, 3.05) is 5.73 Å². The van der Waals surface area contributed by atoms with Gasteiger partial charge in [0.1, 0.15) is 11.5 Å². The molecule has 0 aliphatic rings. The van der Waals surface area contributed by atoms with E-state index in [0.717, 1.165) is 36.3 Å². The van der Waals surface area contributed by atoms with E-state index in [1.807, 2.05) is 12.1 Å². The Balaban J connectivity index is 2.49. The molecule has 0 saturated heterocycles. The summed E-state index contributed by atoms with van der Waals surface area (Å²) in [6.45, 7) is 4.16. The van der Waals surface area contributed by atoms with Crippen molar-refractivity contribution in [3.8, 4) is 11.5 Å². The molecule has 0 atom stereocenters. The molecule has 5 heteroatoms. The number of nitrogen functional groups attached to an aromatic ring is 1. The number of pyridine rings is 1. The van der Waals surface area contributed by atoms with Gasteiger partial charge < -0.3 is 5.73 Å². The van der Waals surface area contributed by atoms with Gasteiger partial charge in [-0.3, -0.25) is 4.98 Å². The number of nitrogens with two attached hydrogens (primary N) is 1. The van der Waals surface area contributed by atoms with Crippen LogP contribution >= 0.6 is 0 Å². The van der Waals surface area contributed by atoms with Gasteiger partial charge in [0.05, 0.1) is 0 Å². The van der Waals surface area contributed by atoms with Crippen LogP contribution in [0.1, 0.15) is 31.7 Å². The van der Waals surface area contributed by atoms with Crippen molar-refractivity contribution in [1.82, 2.24) is 19.9 Å². The zero-order valence-electron chi connectivity index (χ0n) is 10.7. The highest BCUT2D eigenvalue weighted by Gasteiger charge is 2.10. The van der Waals surface area contributed by atoms with E-state index in [9.17, 15) is 0 Å². The Morgan fingerprint density at radius 2 is 2.00 bits per heavy atom. The second kappa shape index (κ2) is 5.53. The van der Waals surface area contributed by atoms with Crippen LogP contribution in [0.15, 0.2) is 18.3 Å². The first kappa shape index (κ1) is 12.4. The Kier molecular flexibility index (Phi) is 3.82. The van der Waals surface area contributed by atoms with Crippen LogP contribution in [-0.4, -0.2) is 19.9 Å². The van der Waals surface area contributed by atoms with Gasteiger partial charge in [0.15, 0.2) is 5.82 Å². The van der Waals surface area contributed by atoms with E-state index < -0.39 is 0 Å². The molecule has 0 aromatic carbocycles. The predicted molar refractivity (Wildman–Crippen MR) is 70.8 cm³/mol. The summed E-state index contributed by atoms with van der Waals surface area (Å²) < 4.78 is 0. The Morgan fingerprint density at radius 3 is 2.72 bits per heavy atom. The topological polar surface area (TPSA) is 77.6 Å². The van der Waals surface area contributed by atoms with Crippen molar-refractivity contribution in [1.29, 1.82) is 0 Å². The van der Waals surface area contributed by atoms with Crippen molar-refractivity contribution in [3.63, 3.8) is 0 Å². The van der Waals surface area contributed by atoms with E-state index in [0.29, 0.717) is 5.82 Å². The second-order valence-electron chi connectivity index (χ2n) is 4.05. The second-order valence-corrected chi connectivity index (χ2v) is 4.05. The molecule has 0 unspecified atom stereocenters. The minimum atomic E-state index is 0.260. The summed E-state index contributed by atoms with van der Waals surface area (Å²) in [6.07, 6.45) is 4.41. The molecule has 0 spiro atoms. The lowest BCUT2D eigenvalue weighted by molar-refractivity contribution is 0.822. The van der Waals surface area contributed by atoms with Crippen LogP contribution < -0.4 is 5.73 Å². The van der Waals surface area contributed by atoms with Crippen LogP contribution in [0, 0.1) is 0 Å². The van der Waals surface area contributed by atoms with Gasteiger partial charge in [-0.2, -0.15) is 9.97 Å².